The van der Waals surface area contributed by atoms with E-state index in [-0.39, 0.29) is 5.97 Å². The van der Waals surface area contributed by atoms with Crippen molar-refractivity contribution in [3.63, 3.8) is 0 Å². The molecule has 1 aliphatic rings. The molecule has 0 heterocycles. The van der Waals surface area contributed by atoms with Gasteiger partial charge in [-0.3, -0.25) is 4.79 Å². The highest BCUT2D eigenvalue weighted by Gasteiger charge is 2.54. The Bertz CT molecular complexity index is 515. The molecule has 1 aromatic rings. The largest absolute Gasteiger partial charge is 0.496 e. The second kappa shape index (κ2) is 5.09. The van der Waals surface area contributed by atoms with Crippen molar-refractivity contribution in [3.8, 4) is 5.75 Å². The minimum atomic E-state index is -0.542. The van der Waals surface area contributed by atoms with Crippen LogP contribution >= 0.6 is 0 Å². The van der Waals surface area contributed by atoms with Crippen LogP contribution in [0, 0.1) is 0 Å². The molecule has 0 spiro atoms. The Morgan fingerprint density at radius 2 is 1.85 bits per heavy atom. The molecule has 0 amide bonds. The van der Waals surface area contributed by atoms with E-state index >= 15 is 0 Å². The smallest absolute Gasteiger partial charge is 0.316 e. The van der Waals surface area contributed by atoms with E-state index in [0.717, 1.165) is 29.7 Å². The van der Waals surface area contributed by atoms with Crippen LogP contribution in [0.5, 0.6) is 5.75 Å². The molecule has 1 fully saturated rings. The van der Waals surface area contributed by atoms with Crippen LogP contribution in [0.3, 0.4) is 0 Å². The highest BCUT2D eigenvalue weighted by atomic mass is 16.5. The number of methoxy groups -OCH3 is 3. The van der Waals surface area contributed by atoms with Crippen molar-refractivity contribution in [2.24, 2.45) is 0 Å². The van der Waals surface area contributed by atoms with Gasteiger partial charge >= 0.3 is 5.97 Å². The van der Waals surface area contributed by atoms with E-state index in [9.17, 15) is 4.79 Å². The van der Waals surface area contributed by atoms with E-state index in [1.54, 1.807) is 14.2 Å². The van der Waals surface area contributed by atoms with Crippen molar-refractivity contribution in [2.75, 3.05) is 21.3 Å². The van der Waals surface area contributed by atoms with Gasteiger partial charge in [-0.1, -0.05) is 6.07 Å². The molecule has 0 atom stereocenters. The summed E-state index contributed by atoms with van der Waals surface area (Å²) >= 11 is 0. The minimum absolute atomic E-state index is 0.192. The summed E-state index contributed by atoms with van der Waals surface area (Å²) in [7, 11) is 4.72. The molecule has 0 aliphatic heterocycles. The van der Waals surface area contributed by atoms with Gasteiger partial charge in [0.15, 0.2) is 0 Å². The molecule has 2 rings (SSSR count). The normalized spacial score (nSPS) is 16.6. The zero-order chi connectivity index (χ0) is 15.0. The van der Waals surface area contributed by atoms with Crippen LogP contribution in [0.15, 0.2) is 18.2 Å². The molecule has 0 saturated heterocycles. The van der Waals surface area contributed by atoms with Crippen LogP contribution in [-0.2, 0) is 25.3 Å². The summed E-state index contributed by atoms with van der Waals surface area (Å²) in [6, 6.07) is 5.87. The standard InChI is InChI=1S/C16H22O4/c1-15(2,20-5)11-6-7-13(18-3)12(10-11)16(8-9-16)14(17)19-4/h6-7,10H,8-9H2,1-5H3. The van der Waals surface area contributed by atoms with E-state index < -0.39 is 11.0 Å². The zero-order valence-corrected chi connectivity index (χ0v) is 12.8. The molecule has 0 bridgehead atoms. The summed E-state index contributed by atoms with van der Waals surface area (Å²) in [4.78, 5) is 12.1. The lowest BCUT2D eigenvalue weighted by atomic mass is 9.89. The summed E-state index contributed by atoms with van der Waals surface area (Å²) in [5.41, 5.74) is 0.966. The molecule has 4 heteroatoms. The van der Waals surface area contributed by atoms with Gasteiger partial charge in [0.2, 0.25) is 0 Å². The maximum atomic E-state index is 12.1. The van der Waals surface area contributed by atoms with Gasteiger partial charge in [0, 0.05) is 12.7 Å². The van der Waals surface area contributed by atoms with Crippen molar-refractivity contribution >= 4 is 5.97 Å². The molecule has 20 heavy (non-hydrogen) atoms. The molecule has 0 unspecified atom stereocenters. The molecular weight excluding hydrogens is 256 g/mol. The maximum absolute atomic E-state index is 12.1. The number of benzene rings is 1. The predicted molar refractivity (Wildman–Crippen MR) is 76.0 cm³/mol. The first-order valence-corrected chi connectivity index (χ1v) is 6.74. The molecule has 110 valence electrons. The molecule has 4 nitrogen and oxygen atoms in total. The third-order valence-electron chi connectivity index (χ3n) is 4.25. The molecule has 1 aliphatic carbocycles. The van der Waals surface area contributed by atoms with Crippen LogP contribution < -0.4 is 4.74 Å². The van der Waals surface area contributed by atoms with Gasteiger partial charge < -0.3 is 14.2 Å². The van der Waals surface area contributed by atoms with Gasteiger partial charge in [0.25, 0.3) is 0 Å². The lowest BCUT2D eigenvalue weighted by Crippen LogP contribution is -2.25. The summed E-state index contributed by atoms with van der Waals surface area (Å²) in [6.07, 6.45) is 1.60. The summed E-state index contributed by atoms with van der Waals surface area (Å²) < 4.78 is 15.9. The predicted octanol–water partition coefficient (Wildman–Crippen LogP) is 2.78. The number of carbonyl (C=O) groups excluding carboxylic acids is 1. The second-order valence-electron chi connectivity index (χ2n) is 5.70. The number of ether oxygens (including phenoxy) is 3. The Morgan fingerprint density at radius 1 is 1.20 bits per heavy atom. The highest BCUT2D eigenvalue weighted by Crippen LogP contribution is 2.52. The fourth-order valence-electron chi connectivity index (χ4n) is 2.48. The van der Waals surface area contributed by atoms with E-state index in [1.165, 1.54) is 7.11 Å². The van der Waals surface area contributed by atoms with E-state index in [4.69, 9.17) is 14.2 Å². The highest BCUT2D eigenvalue weighted by molar-refractivity contribution is 5.87. The van der Waals surface area contributed by atoms with Crippen LogP contribution in [0.25, 0.3) is 0 Å². The third-order valence-corrected chi connectivity index (χ3v) is 4.25. The number of hydrogen-bond acceptors (Lipinski definition) is 4. The van der Waals surface area contributed by atoms with Crippen LogP contribution in [0.1, 0.15) is 37.8 Å². The van der Waals surface area contributed by atoms with Gasteiger partial charge in [-0.15, -0.1) is 0 Å². The first-order chi connectivity index (χ1) is 9.41. The van der Waals surface area contributed by atoms with Gasteiger partial charge in [-0.25, -0.2) is 0 Å². The quantitative estimate of drug-likeness (QED) is 0.777. The molecule has 0 aromatic heterocycles. The van der Waals surface area contributed by atoms with Crippen molar-refractivity contribution in [1.29, 1.82) is 0 Å². The lowest BCUT2D eigenvalue weighted by Gasteiger charge is -2.26. The fourth-order valence-corrected chi connectivity index (χ4v) is 2.48. The third kappa shape index (κ3) is 2.29. The first kappa shape index (κ1) is 14.9. The van der Waals surface area contributed by atoms with Crippen molar-refractivity contribution in [2.45, 2.75) is 37.7 Å². The summed E-state index contributed by atoms with van der Waals surface area (Å²) in [5, 5.41) is 0. The molecule has 0 radical (unpaired) electrons. The summed E-state index contributed by atoms with van der Waals surface area (Å²) in [6.45, 7) is 3.99. The number of esters is 1. The van der Waals surface area contributed by atoms with Crippen LogP contribution in [0.2, 0.25) is 0 Å². The number of hydrogen-bond donors (Lipinski definition) is 0. The number of carbonyl (C=O) groups is 1. The van der Waals surface area contributed by atoms with Crippen molar-refractivity contribution in [3.05, 3.63) is 29.3 Å². The minimum Gasteiger partial charge on any atom is -0.496 e. The van der Waals surface area contributed by atoms with Gasteiger partial charge in [0.1, 0.15) is 5.75 Å². The Kier molecular flexibility index (Phi) is 3.78. The maximum Gasteiger partial charge on any atom is 0.316 e. The van der Waals surface area contributed by atoms with Crippen LogP contribution in [-0.4, -0.2) is 27.3 Å². The van der Waals surface area contributed by atoms with E-state index in [0.29, 0.717) is 0 Å². The second-order valence-corrected chi connectivity index (χ2v) is 5.70. The van der Waals surface area contributed by atoms with E-state index in [1.807, 2.05) is 32.0 Å². The molecule has 1 aromatic carbocycles. The Balaban J connectivity index is 2.51. The van der Waals surface area contributed by atoms with Gasteiger partial charge in [-0.05, 0) is 44.4 Å². The fraction of sp³-hybridized carbons (Fsp3) is 0.562. The number of rotatable bonds is 5. The molecule has 0 N–H and O–H groups in total. The van der Waals surface area contributed by atoms with Gasteiger partial charge in [-0.2, -0.15) is 0 Å². The van der Waals surface area contributed by atoms with Crippen LogP contribution in [0.4, 0.5) is 0 Å². The average Bonchev–Trinajstić information content (AvgIpc) is 3.27. The van der Waals surface area contributed by atoms with Crippen molar-refractivity contribution in [1.82, 2.24) is 0 Å². The van der Waals surface area contributed by atoms with E-state index in [2.05, 4.69) is 0 Å². The molecular formula is C16H22O4. The topological polar surface area (TPSA) is 44.8 Å². The summed E-state index contributed by atoms with van der Waals surface area (Å²) in [5.74, 6) is 0.534. The Morgan fingerprint density at radius 3 is 2.30 bits per heavy atom. The van der Waals surface area contributed by atoms with Gasteiger partial charge in [0.05, 0.1) is 25.2 Å². The zero-order valence-electron chi connectivity index (χ0n) is 12.8. The average molecular weight is 278 g/mol. The Labute approximate surface area is 120 Å². The SMILES string of the molecule is COC(=O)C1(c2cc(C(C)(C)OC)ccc2OC)CC1. The first-order valence-electron chi connectivity index (χ1n) is 6.74. The van der Waals surface area contributed by atoms with Crippen molar-refractivity contribution < 1.29 is 19.0 Å². The Hall–Kier alpha value is -1.55. The lowest BCUT2D eigenvalue weighted by molar-refractivity contribution is -0.143. The molecule has 1 saturated carbocycles. The monoisotopic (exact) mass is 278 g/mol.